The molecule has 2 aromatic rings. The largest absolute Gasteiger partial charge is 0.472 e. The maximum Gasteiger partial charge on any atom is 0.276 e. The predicted molar refractivity (Wildman–Crippen MR) is 80.3 cm³/mol. The molecule has 1 saturated heterocycles. The van der Waals surface area contributed by atoms with Crippen molar-refractivity contribution in [1.82, 2.24) is 14.8 Å². The van der Waals surface area contributed by atoms with Gasteiger partial charge in [-0.05, 0) is 6.07 Å². The molecule has 0 saturated carbocycles. The number of ether oxygens (including phenoxy) is 2. The lowest BCUT2D eigenvalue weighted by Crippen LogP contribution is -2.17. The van der Waals surface area contributed by atoms with Crippen LogP contribution in [0.3, 0.4) is 0 Å². The summed E-state index contributed by atoms with van der Waals surface area (Å²) in [5, 5.41) is 7.15. The van der Waals surface area contributed by atoms with Crippen LogP contribution in [0.5, 0.6) is 5.88 Å². The molecule has 1 N–H and O–H groups in total. The monoisotopic (exact) mass is 322 g/mol. The number of aromatic nitrogens is 3. The topological polar surface area (TPSA) is 78.3 Å². The van der Waals surface area contributed by atoms with Gasteiger partial charge in [0.05, 0.1) is 13.2 Å². The normalized spacial score (nSPS) is 17.5. The third-order valence-corrected chi connectivity index (χ3v) is 3.58. The number of hydrogen-bond donors (Lipinski definition) is 1. The van der Waals surface area contributed by atoms with E-state index in [4.69, 9.17) is 21.1 Å². The summed E-state index contributed by atoms with van der Waals surface area (Å²) in [4.78, 5) is 16.2. The van der Waals surface area contributed by atoms with E-state index in [2.05, 4.69) is 15.4 Å². The van der Waals surface area contributed by atoms with Crippen LogP contribution in [0.1, 0.15) is 16.9 Å². The highest BCUT2D eigenvalue weighted by Crippen LogP contribution is 2.19. The van der Waals surface area contributed by atoms with Crippen LogP contribution in [0, 0.1) is 0 Å². The standard InChI is InChI=1S/C14H15ClN4O3/c1-19-12(15)7-11(18-19)14(20)17-9-2-4-16-13(6-9)22-10-3-5-21-8-10/h2,4,6-7,10H,3,5,8H2,1H3,(H,16,17,20). The Hall–Kier alpha value is -2.12. The van der Waals surface area contributed by atoms with Crippen molar-refractivity contribution in [3.05, 3.63) is 35.2 Å². The summed E-state index contributed by atoms with van der Waals surface area (Å²) >= 11 is 5.88. The van der Waals surface area contributed by atoms with Gasteiger partial charge in [0.25, 0.3) is 5.91 Å². The number of hydrogen-bond acceptors (Lipinski definition) is 5. The highest BCUT2D eigenvalue weighted by molar-refractivity contribution is 6.30. The van der Waals surface area contributed by atoms with Crippen molar-refractivity contribution in [2.24, 2.45) is 7.05 Å². The van der Waals surface area contributed by atoms with Gasteiger partial charge in [-0.2, -0.15) is 5.10 Å². The number of carbonyl (C=O) groups is 1. The molecule has 1 atom stereocenters. The lowest BCUT2D eigenvalue weighted by Gasteiger charge is -2.11. The molecule has 2 aromatic heterocycles. The molecule has 8 heteroatoms. The van der Waals surface area contributed by atoms with E-state index in [0.29, 0.717) is 29.9 Å². The quantitative estimate of drug-likeness (QED) is 0.930. The van der Waals surface area contributed by atoms with Crippen LogP contribution in [0.2, 0.25) is 5.15 Å². The number of rotatable bonds is 4. The summed E-state index contributed by atoms with van der Waals surface area (Å²) in [6.45, 7) is 1.26. The molecule has 1 aliphatic heterocycles. The second-order valence-corrected chi connectivity index (χ2v) is 5.30. The van der Waals surface area contributed by atoms with Crippen molar-refractivity contribution in [2.75, 3.05) is 18.5 Å². The third kappa shape index (κ3) is 3.37. The highest BCUT2D eigenvalue weighted by atomic mass is 35.5. The number of aryl methyl sites for hydroxylation is 1. The molecule has 0 spiro atoms. The number of anilines is 1. The Morgan fingerprint density at radius 3 is 3.09 bits per heavy atom. The second kappa shape index (κ2) is 6.33. The number of amides is 1. The van der Waals surface area contributed by atoms with Crippen molar-refractivity contribution in [3.63, 3.8) is 0 Å². The van der Waals surface area contributed by atoms with Gasteiger partial charge < -0.3 is 14.8 Å². The first-order chi connectivity index (χ1) is 10.6. The van der Waals surface area contributed by atoms with E-state index in [1.54, 1.807) is 25.4 Å². The summed E-state index contributed by atoms with van der Waals surface area (Å²) in [6, 6.07) is 4.85. The Bertz CT molecular complexity index is 663. The van der Waals surface area contributed by atoms with E-state index in [0.717, 1.165) is 6.42 Å². The maximum atomic E-state index is 12.1. The first-order valence-electron chi connectivity index (χ1n) is 6.83. The van der Waals surface area contributed by atoms with Crippen LogP contribution in [0.4, 0.5) is 5.69 Å². The fourth-order valence-electron chi connectivity index (χ4n) is 2.08. The van der Waals surface area contributed by atoms with Crippen molar-refractivity contribution in [3.8, 4) is 5.88 Å². The summed E-state index contributed by atoms with van der Waals surface area (Å²) in [5.41, 5.74) is 0.826. The van der Waals surface area contributed by atoms with Crippen molar-refractivity contribution in [1.29, 1.82) is 0 Å². The van der Waals surface area contributed by atoms with Gasteiger partial charge in [0.15, 0.2) is 5.69 Å². The number of halogens is 1. The van der Waals surface area contributed by atoms with Gasteiger partial charge in [-0.3, -0.25) is 9.48 Å². The molecule has 1 unspecified atom stereocenters. The molecule has 3 rings (SSSR count). The highest BCUT2D eigenvalue weighted by Gasteiger charge is 2.18. The van der Waals surface area contributed by atoms with Crippen molar-refractivity contribution < 1.29 is 14.3 Å². The predicted octanol–water partition coefficient (Wildman–Crippen LogP) is 1.89. The van der Waals surface area contributed by atoms with Gasteiger partial charge in [0.2, 0.25) is 5.88 Å². The molecule has 1 aliphatic rings. The molecule has 1 amide bonds. The van der Waals surface area contributed by atoms with Crippen LogP contribution in [0.15, 0.2) is 24.4 Å². The zero-order valence-corrected chi connectivity index (χ0v) is 12.7. The lowest BCUT2D eigenvalue weighted by molar-refractivity contribution is 0.102. The zero-order valence-electron chi connectivity index (χ0n) is 12.0. The van der Waals surface area contributed by atoms with Gasteiger partial charge in [-0.25, -0.2) is 4.98 Å². The molecule has 0 aliphatic carbocycles. The van der Waals surface area contributed by atoms with Crippen LogP contribution in [-0.2, 0) is 11.8 Å². The van der Waals surface area contributed by atoms with Crippen LogP contribution in [0.25, 0.3) is 0 Å². The average molecular weight is 323 g/mol. The van der Waals surface area contributed by atoms with Gasteiger partial charge >= 0.3 is 0 Å². The summed E-state index contributed by atoms with van der Waals surface area (Å²) < 4.78 is 12.4. The summed E-state index contributed by atoms with van der Waals surface area (Å²) in [5.74, 6) is 0.108. The van der Waals surface area contributed by atoms with E-state index in [9.17, 15) is 4.79 Å². The minimum absolute atomic E-state index is 0.00745. The minimum Gasteiger partial charge on any atom is -0.472 e. The molecule has 0 aromatic carbocycles. The Morgan fingerprint density at radius 1 is 1.55 bits per heavy atom. The van der Waals surface area contributed by atoms with E-state index in [1.165, 1.54) is 10.7 Å². The fraction of sp³-hybridized carbons (Fsp3) is 0.357. The number of pyridine rings is 1. The maximum absolute atomic E-state index is 12.1. The third-order valence-electron chi connectivity index (χ3n) is 3.22. The van der Waals surface area contributed by atoms with E-state index < -0.39 is 0 Å². The number of nitrogens with one attached hydrogen (secondary N) is 1. The van der Waals surface area contributed by atoms with Gasteiger partial charge in [-0.1, -0.05) is 11.6 Å². The molecule has 22 heavy (non-hydrogen) atoms. The molecule has 0 radical (unpaired) electrons. The van der Waals surface area contributed by atoms with Gasteiger partial charge in [-0.15, -0.1) is 0 Å². The Balaban J connectivity index is 1.68. The lowest BCUT2D eigenvalue weighted by atomic mass is 10.3. The zero-order chi connectivity index (χ0) is 15.5. The summed E-state index contributed by atoms with van der Waals surface area (Å²) in [6.07, 6.45) is 2.42. The van der Waals surface area contributed by atoms with Gasteiger partial charge in [0, 0.05) is 37.5 Å². The summed E-state index contributed by atoms with van der Waals surface area (Å²) in [7, 11) is 1.67. The molecule has 3 heterocycles. The second-order valence-electron chi connectivity index (χ2n) is 4.92. The van der Waals surface area contributed by atoms with Crippen LogP contribution >= 0.6 is 11.6 Å². The van der Waals surface area contributed by atoms with Crippen LogP contribution < -0.4 is 10.1 Å². The van der Waals surface area contributed by atoms with Crippen LogP contribution in [-0.4, -0.2) is 40.0 Å². The average Bonchev–Trinajstić information content (AvgIpc) is 3.10. The van der Waals surface area contributed by atoms with Crippen molar-refractivity contribution >= 4 is 23.2 Å². The fourth-order valence-corrected chi connectivity index (χ4v) is 2.22. The van der Waals surface area contributed by atoms with E-state index >= 15 is 0 Å². The molecule has 0 bridgehead atoms. The molecular formula is C14H15ClN4O3. The minimum atomic E-state index is -0.344. The number of carbonyl (C=O) groups excluding carboxylic acids is 1. The van der Waals surface area contributed by atoms with E-state index in [1.807, 2.05) is 0 Å². The van der Waals surface area contributed by atoms with Gasteiger partial charge in [0.1, 0.15) is 11.3 Å². The van der Waals surface area contributed by atoms with E-state index in [-0.39, 0.29) is 17.7 Å². The SMILES string of the molecule is Cn1nc(C(=O)Nc2ccnc(OC3CCOC3)c2)cc1Cl. The van der Waals surface area contributed by atoms with Crippen molar-refractivity contribution in [2.45, 2.75) is 12.5 Å². The first-order valence-corrected chi connectivity index (χ1v) is 7.21. The molecular weight excluding hydrogens is 308 g/mol. The molecule has 7 nitrogen and oxygen atoms in total. The number of nitrogens with zero attached hydrogens (tertiary/aromatic N) is 3. The smallest absolute Gasteiger partial charge is 0.276 e. The Morgan fingerprint density at radius 2 is 2.41 bits per heavy atom. The Labute approximate surface area is 132 Å². The molecule has 116 valence electrons. The molecule has 1 fully saturated rings. The Kier molecular flexibility index (Phi) is 4.26. The first kappa shape index (κ1) is 14.8.